The van der Waals surface area contributed by atoms with Gasteiger partial charge in [0, 0.05) is 38.9 Å². The molecule has 1 fully saturated rings. The maximum Gasteiger partial charge on any atom is 0.185 e. The van der Waals surface area contributed by atoms with Crippen molar-refractivity contribution in [3.63, 3.8) is 0 Å². The molecular formula is C35H26ClNO4. The molecule has 41 heavy (non-hydrogen) atoms. The highest BCUT2D eigenvalue weighted by atomic mass is 35.5. The molecule has 3 aliphatic rings. The SMILES string of the molecule is CCOc1ccccc1[C@@H]1[C@@H](C(=O)c2ccc(Cl)cc2)N2c3ccccc3C=C[C@H]2C12C(=O)c1ccccc1C2=O. The lowest BCUT2D eigenvalue weighted by Gasteiger charge is -2.37. The van der Waals surface area contributed by atoms with Crippen molar-refractivity contribution in [2.45, 2.75) is 24.9 Å². The molecule has 0 saturated carbocycles. The van der Waals surface area contributed by atoms with Crippen LogP contribution >= 0.6 is 11.6 Å². The second-order valence-corrected chi connectivity index (χ2v) is 11.0. The molecule has 0 amide bonds. The molecule has 2 aliphatic heterocycles. The Morgan fingerprint density at radius 3 is 2.20 bits per heavy atom. The number of hydrogen-bond acceptors (Lipinski definition) is 5. The monoisotopic (exact) mass is 559 g/mol. The Kier molecular flexibility index (Phi) is 5.95. The zero-order chi connectivity index (χ0) is 28.3. The lowest BCUT2D eigenvalue weighted by Crippen LogP contribution is -2.48. The molecule has 0 N–H and O–H groups in total. The van der Waals surface area contributed by atoms with E-state index in [9.17, 15) is 14.4 Å². The molecule has 0 radical (unpaired) electrons. The summed E-state index contributed by atoms with van der Waals surface area (Å²) in [7, 11) is 0. The number of rotatable bonds is 5. The highest BCUT2D eigenvalue weighted by Gasteiger charge is 2.71. The first-order valence-corrected chi connectivity index (χ1v) is 14.1. The van der Waals surface area contributed by atoms with Crippen molar-refractivity contribution in [1.29, 1.82) is 0 Å². The topological polar surface area (TPSA) is 63.7 Å². The van der Waals surface area contributed by atoms with E-state index in [0.717, 1.165) is 11.3 Å². The number of fused-ring (bicyclic) bond motifs is 5. The van der Waals surface area contributed by atoms with Gasteiger partial charge in [-0.15, -0.1) is 0 Å². The van der Waals surface area contributed by atoms with Crippen LogP contribution in [0.25, 0.3) is 6.08 Å². The largest absolute Gasteiger partial charge is 0.494 e. The summed E-state index contributed by atoms with van der Waals surface area (Å²) >= 11 is 6.19. The molecule has 202 valence electrons. The average Bonchev–Trinajstić information content (AvgIpc) is 3.44. The molecule has 5 nitrogen and oxygen atoms in total. The summed E-state index contributed by atoms with van der Waals surface area (Å²) in [5.41, 5.74) is 2.05. The molecule has 1 saturated heterocycles. The van der Waals surface area contributed by atoms with Gasteiger partial charge in [-0.05, 0) is 48.9 Å². The van der Waals surface area contributed by atoms with E-state index in [2.05, 4.69) is 0 Å². The number of carbonyl (C=O) groups is 3. The van der Waals surface area contributed by atoms with Gasteiger partial charge in [-0.3, -0.25) is 14.4 Å². The highest BCUT2D eigenvalue weighted by Crippen LogP contribution is 2.61. The molecular weight excluding hydrogens is 534 g/mol. The highest BCUT2D eigenvalue weighted by molar-refractivity contribution is 6.32. The molecule has 4 aromatic rings. The smallest absolute Gasteiger partial charge is 0.185 e. The quantitative estimate of drug-likeness (QED) is 0.193. The number of benzene rings is 4. The molecule has 0 bridgehead atoms. The van der Waals surface area contributed by atoms with Crippen LogP contribution in [-0.4, -0.2) is 36.0 Å². The average molecular weight is 560 g/mol. The third kappa shape index (κ3) is 3.52. The standard InChI is InChI=1S/C35H26ClNO4/c1-2-41-28-14-8-6-12-26(28)30-31(32(38)22-15-18-23(36)19-16-22)37-27-13-7-3-9-21(27)17-20-29(37)35(30)33(39)24-10-4-5-11-25(24)34(35)40/h3-20,29-31H,2H2,1H3/t29-,30+,31-/m0/s1. The normalized spacial score (nSPS) is 21.5. The third-order valence-electron chi connectivity index (χ3n) is 8.66. The van der Waals surface area contributed by atoms with E-state index in [-0.39, 0.29) is 17.3 Å². The van der Waals surface area contributed by atoms with Crippen molar-refractivity contribution in [3.8, 4) is 5.75 Å². The summed E-state index contributed by atoms with van der Waals surface area (Å²) in [5.74, 6) is -0.996. The molecule has 1 spiro atoms. The maximum atomic E-state index is 14.7. The van der Waals surface area contributed by atoms with Crippen molar-refractivity contribution in [3.05, 3.63) is 136 Å². The van der Waals surface area contributed by atoms with E-state index < -0.39 is 23.4 Å². The van der Waals surface area contributed by atoms with Crippen LogP contribution in [0.2, 0.25) is 5.02 Å². The van der Waals surface area contributed by atoms with Crippen molar-refractivity contribution >= 4 is 40.7 Å². The van der Waals surface area contributed by atoms with E-state index in [1.165, 1.54) is 0 Å². The van der Waals surface area contributed by atoms with Gasteiger partial charge < -0.3 is 9.64 Å². The predicted octanol–water partition coefficient (Wildman–Crippen LogP) is 7.06. The summed E-state index contributed by atoms with van der Waals surface area (Å²) in [6, 6.07) is 27.5. The predicted molar refractivity (Wildman–Crippen MR) is 159 cm³/mol. The molecule has 3 atom stereocenters. The molecule has 7 rings (SSSR count). The minimum atomic E-state index is -1.58. The summed E-state index contributed by atoms with van der Waals surface area (Å²) in [6.07, 6.45) is 3.89. The van der Waals surface area contributed by atoms with Crippen LogP contribution in [0.1, 0.15) is 55.0 Å². The number of hydrogen-bond donors (Lipinski definition) is 0. The van der Waals surface area contributed by atoms with E-state index in [1.54, 1.807) is 48.5 Å². The molecule has 0 unspecified atom stereocenters. The molecule has 0 aromatic heterocycles. The number of nitrogens with zero attached hydrogens (tertiary/aromatic N) is 1. The molecule has 4 aromatic carbocycles. The first kappa shape index (κ1) is 25.5. The van der Waals surface area contributed by atoms with Crippen LogP contribution in [0.15, 0.2) is 103 Å². The van der Waals surface area contributed by atoms with Crippen LogP contribution < -0.4 is 9.64 Å². The van der Waals surface area contributed by atoms with Crippen molar-refractivity contribution in [2.24, 2.45) is 5.41 Å². The fourth-order valence-corrected chi connectivity index (χ4v) is 7.20. The number of halogens is 1. The van der Waals surface area contributed by atoms with E-state index in [1.807, 2.05) is 72.5 Å². The first-order valence-electron chi connectivity index (χ1n) is 13.7. The van der Waals surface area contributed by atoms with Gasteiger partial charge in [0.1, 0.15) is 17.2 Å². The summed E-state index contributed by atoms with van der Waals surface area (Å²) < 4.78 is 6.08. The Balaban J connectivity index is 1.56. The molecule has 2 heterocycles. The van der Waals surface area contributed by atoms with Gasteiger partial charge in [-0.1, -0.05) is 84.4 Å². The second kappa shape index (κ2) is 9.57. The lowest BCUT2D eigenvalue weighted by atomic mass is 9.64. The van der Waals surface area contributed by atoms with Gasteiger partial charge in [0.05, 0.1) is 12.6 Å². The summed E-state index contributed by atoms with van der Waals surface area (Å²) in [6.45, 7) is 2.28. The second-order valence-electron chi connectivity index (χ2n) is 10.6. The summed E-state index contributed by atoms with van der Waals surface area (Å²) in [4.78, 5) is 46.2. The number of ether oxygens (including phenoxy) is 1. The van der Waals surface area contributed by atoms with Gasteiger partial charge in [-0.2, -0.15) is 0 Å². The Morgan fingerprint density at radius 1 is 0.854 bits per heavy atom. The fourth-order valence-electron chi connectivity index (χ4n) is 7.07. The maximum absolute atomic E-state index is 14.7. The Labute approximate surface area is 243 Å². The number of Topliss-reactive ketones (excluding diaryl/α,β-unsaturated/α-hetero) is 3. The van der Waals surface area contributed by atoms with Crippen molar-refractivity contribution in [2.75, 3.05) is 11.5 Å². The van der Waals surface area contributed by atoms with Crippen LogP contribution in [0.5, 0.6) is 5.75 Å². The molecule has 6 heteroatoms. The van der Waals surface area contributed by atoms with Gasteiger partial charge in [0.15, 0.2) is 17.3 Å². The van der Waals surface area contributed by atoms with Crippen LogP contribution in [-0.2, 0) is 0 Å². The number of carbonyl (C=O) groups excluding carboxylic acids is 3. The Hall–Kier alpha value is -4.48. The zero-order valence-electron chi connectivity index (χ0n) is 22.3. The van der Waals surface area contributed by atoms with Crippen LogP contribution in [0, 0.1) is 5.41 Å². The zero-order valence-corrected chi connectivity index (χ0v) is 23.0. The van der Waals surface area contributed by atoms with Crippen LogP contribution in [0.3, 0.4) is 0 Å². The number of para-hydroxylation sites is 2. The van der Waals surface area contributed by atoms with Crippen molar-refractivity contribution in [1.82, 2.24) is 0 Å². The minimum Gasteiger partial charge on any atom is -0.494 e. The number of ketones is 3. The molecule has 1 aliphatic carbocycles. The Bertz CT molecular complexity index is 1720. The van der Waals surface area contributed by atoms with E-state index >= 15 is 0 Å². The van der Waals surface area contributed by atoms with Gasteiger partial charge in [0.25, 0.3) is 0 Å². The van der Waals surface area contributed by atoms with Gasteiger partial charge in [0.2, 0.25) is 0 Å². The Morgan fingerprint density at radius 2 is 1.49 bits per heavy atom. The third-order valence-corrected chi connectivity index (χ3v) is 8.92. The van der Waals surface area contributed by atoms with E-state index in [0.29, 0.717) is 39.6 Å². The van der Waals surface area contributed by atoms with Crippen LogP contribution in [0.4, 0.5) is 5.69 Å². The van der Waals surface area contributed by atoms with Crippen molar-refractivity contribution < 1.29 is 19.1 Å². The summed E-state index contributed by atoms with van der Waals surface area (Å²) in [5, 5.41) is 0.517. The number of anilines is 1. The van der Waals surface area contributed by atoms with Gasteiger partial charge >= 0.3 is 0 Å². The lowest BCUT2D eigenvalue weighted by molar-refractivity contribution is 0.0664. The first-order chi connectivity index (χ1) is 20.0. The van der Waals surface area contributed by atoms with E-state index in [4.69, 9.17) is 16.3 Å². The fraction of sp³-hybridized carbons (Fsp3) is 0.171. The minimum absolute atomic E-state index is 0.193. The van der Waals surface area contributed by atoms with Gasteiger partial charge in [-0.25, -0.2) is 0 Å².